The molecule has 3 nitrogen and oxygen atoms in total. The lowest BCUT2D eigenvalue weighted by Crippen LogP contribution is -2.34. The van der Waals surface area contributed by atoms with E-state index in [0.717, 1.165) is 18.8 Å². The molecular formula is C14H19ClN2O. The Bertz CT molecular complexity index is 422. The van der Waals surface area contributed by atoms with Crippen molar-refractivity contribution in [1.29, 1.82) is 0 Å². The third-order valence-corrected chi connectivity index (χ3v) is 3.91. The van der Waals surface area contributed by atoms with Gasteiger partial charge in [0.2, 0.25) is 0 Å². The van der Waals surface area contributed by atoms with Crippen LogP contribution in [0.4, 0.5) is 0 Å². The first-order chi connectivity index (χ1) is 8.66. The van der Waals surface area contributed by atoms with E-state index in [2.05, 4.69) is 17.2 Å². The van der Waals surface area contributed by atoms with Crippen LogP contribution in [0.15, 0.2) is 18.5 Å². The number of aromatic nitrogens is 1. The Morgan fingerprint density at radius 1 is 1.39 bits per heavy atom. The van der Waals surface area contributed by atoms with Crippen molar-refractivity contribution in [2.75, 3.05) is 0 Å². The number of hydrogen-bond donors (Lipinski definition) is 1. The molecule has 1 heterocycles. The molecule has 2 rings (SSSR count). The lowest BCUT2D eigenvalue weighted by atomic mass is 10.0. The summed E-state index contributed by atoms with van der Waals surface area (Å²) in [6.07, 6.45) is 8.88. The first-order valence-electron chi connectivity index (χ1n) is 6.57. The zero-order chi connectivity index (χ0) is 13.0. The highest BCUT2D eigenvalue weighted by Crippen LogP contribution is 2.23. The van der Waals surface area contributed by atoms with Crippen LogP contribution in [-0.2, 0) is 0 Å². The fraction of sp³-hybridized carbons (Fsp3) is 0.571. The van der Waals surface area contributed by atoms with Gasteiger partial charge in [-0.15, -0.1) is 0 Å². The maximum atomic E-state index is 12.1. The maximum Gasteiger partial charge on any atom is 0.253 e. The van der Waals surface area contributed by atoms with E-state index in [0.29, 0.717) is 10.6 Å². The standard InChI is InChI=1S/C14H19ClN2O/c1-10-3-2-4-11(6-5-10)17-14(18)12-7-8-16-9-13(12)15/h7-11H,2-6H2,1H3,(H,17,18). The number of rotatable bonds is 2. The van der Waals surface area contributed by atoms with Crippen LogP contribution in [0.1, 0.15) is 49.4 Å². The Kier molecular flexibility index (Phi) is 4.59. The molecule has 0 aliphatic heterocycles. The molecule has 0 bridgehead atoms. The number of halogens is 1. The van der Waals surface area contributed by atoms with E-state index in [1.54, 1.807) is 12.3 Å². The van der Waals surface area contributed by atoms with Gasteiger partial charge in [0.25, 0.3) is 5.91 Å². The second-order valence-electron chi connectivity index (χ2n) is 5.14. The fourth-order valence-electron chi connectivity index (χ4n) is 2.45. The lowest BCUT2D eigenvalue weighted by molar-refractivity contribution is 0.0933. The predicted octanol–water partition coefficient (Wildman–Crippen LogP) is 3.43. The van der Waals surface area contributed by atoms with Crippen molar-refractivity contribution in [3.05, 3.63) is 29.0 Å². The van der Waals surface area contributed by atoms with Crippen molar-refractivity contribution in [1.82, 2.24) is 10.3 Å². The lowest BCUT2D eigenvalue weighted by Gasteiger charge is -2.16. The quantitative estimate of drug-likeness (QED) is 0.834. The van der Waals surface area contributed by atoms with Crippen LogP contribution in [0.2, 0.25) is 5.02 Å². The summed E-state index contributed by atoms with van der Waals surface area (Å²) in [5, 5.41) is 3.50. The largest absolute Gasteiger partial charge is 0.349 e. The van der Waals surface area contributed by atoms with Gasteiger partial charge in [-0.05, 0) is 31.2 Å². The highest BCUT2D eigenvalue weighted by atomic mass is 35.5. The SMILES string of the molecule is CC1CCCC(NC(=O)c2ccncc2Cl)CC1. The predicted molar refractivity (Wildman–Crippen MR) is 72.8 cm³/mol. The van der Waals surface area contributed by atoms with E-state index in [-0.39, 0.29) is 11.9 Å². The van der Waals surface area contributed by atoms with Gasteiger partial charge >= 0.3 is 0 Å². The molecule has 1 aromatic rings. The van der Waals surface area contributed by atoms with Crippen LogP contribution in [-0.4, -0.2) is 16.9 Å². The molecule has 0 spiro atoms. The monoisotopic (exact) mass is 266 g/mol. The fourth-order valence-corrected chi connectivity index (χ4v) is 2.66. The molecule has 98 valence electrons. The Balaban J connectivity index is 1.97. The van der Waals surface area contributed by atoms with Crippen LogP contribution >= 0.6 is 11.6 Å². The van der Waals surface area contributed by atoms with E-state index in [1.165, 1.54) is 25.5 Å². The summed E-state index contributed by atoms with van der Waals surface area (Å²) in [6.45, 7) is 2.28. The zero-order valence-corrected chi connectivity index (χ0v) is 11.4. The average Bonchev–Trinajstić information content (AvgIpc) is 2.55. The van der Waals surface area contributed by atoms with Crippen LogP contribution < -0.4 is 5.32 Å². The molecule has 0 saturated heterocycles. The summed E-state index contributed by atoms with van der Waals surface area (Å²) in [4.78, 5) is 16.0. The van der Waals surface area contributed by atoms with Crippen LogP contribution in [0.3, 0.4) is 0 Å². The van der Waals surface area contributed by atoms with E-state index < -0.39 is 0 Å². The minimum Gasteiger partial charge on any atom is -0.349 e. The smallest absolute Gasteiger partial charge is 0.253 e. The van der Waals surface area contributed by atoms with Crippen molar-refractivity contribution >= 4 is 17.5 Å². The summed E-state index contributed by atoms with van der Waals surface area (Å²) in [5.41, 5.74) is 0.518. The highest BCUT2D eigenvalue weighted by Gasteiger charge is 2.19. The average molecular weight is 267 g/mol. The Morgan fingerprint density at radius 3 is 3.00 bits per heavy atom. The van der Waals surface area contributed by atoms with Gasteiger partial charge in [0.05, 0.1) is 10.6 Å². The maximum absolute atomic E-state index is 12.1. The summed E-state index contributed by atoms with van der Waals surface area (Å²) >= 11 is 5.97. The number of nitrogens with zero attached hydrogens (tertiary/aromatic N) is 1. The Labute approximate surface area is 113 Å². The molecule has 1 aliphatic rings. The van der Waals surface area contributed by atoms with Gasteiger partial charge in [-0.2, -0.15) is 0 Å². The minimum absolute atomic E-state index is 0.0815. The molecule has 1 fully saturated rings. The van der Waals surface area contributed by atoms with Crippen LogP contribution in [0, 0.1) is 5.92 Å². The molecule has 0 aromatic carbocycles. The molecule has 2 unspecified atom stereocenters. The number of amides is 1. The molecule has 18 heavy (non-hydrogen) atoms. The Hall–Kier alpha value is -1.09. The van der Waals surface area contributed by atoms with Gasteiger partial charge in [0.15, 0.2) is 0 Å². The summed E-state index contributed by atoms with van der Waals surface area (Å²) in [7, 11) is 0. The molecule has 1 N–H and O–H groups in total. The minimum atomic E-state index is -0.0815. The molecule has 0 radical (unpaired) electrons. The topological polar surface area (TPSA) is 42.0 Å². The van der Waals surface area contributed by atoms with Crippen molar-refractivity contribution in [2.45, 2.75) is 45.1 Å². The van der Waals surface area contributed by atoms with E-state index in [1.807, 2.05) is 0 Å². The van der Waals surface area contributed by atoms with Crippen molar-refractivity contribution < 1.29 is 4.79 Å². The Morgan fingerprint density at radius 2 is 2.22 bits per heavy atom. The van der Waals surface area contributed by atoms with Crippen molar-refractivity contribution in [3.8, 4) is 0 Å². The first kappa shape index (κ1) is 13.3. The molecule has 4 heteroatoms. The molecule has 1 amide bonds. The summed E-state index contributed by atoms with van der Waals surface area (Å²) in [6, 6.07) is 1.95. The highest BCUT2D eigenvalue weighted by molar-refractivity contribution is 6.33. The normalized spacial score (nSPS) is 24.3. The van der Waals surface area contributed by atoms with Gasteiger partial charge in [0.1, 0.15) is 0 Å². The zero-order valence-electron chi connectivity index (χ0n) is 10.7. The van der Waals surface area contributed by atoms with Gasteiger partial charge in [0, 0.05) is 18.4 Å². The van der Waals surface area contributed by atoms with Crippen molar-refractivity contribution in [3.63, 3.8) is 0 Å². The second kappa shape index (κ2) is 6.19. The summed E-state index contributed by atoms with van der Waals surface area (Å²) in [5.74, 6) is 0.693. The second-order valence-corrected chi connectivity index (χ2v) is 5.55. The molecule has 1 aliphatic carbocycles. The van der Waals surface area contributed by atoms with Gasteiger partial charge < -0.3 is 5.32 Å². The van der Waals surface area contributed by atoms with Crippen LogP contribution in [0.25, 0.3) is 0 Å². The van der Waals surface area contributed by atoms with E-state index in [9.17, 15) is 4.79 Å². The van der Waals surface area contributed by atoms with Gasteiger partial charge in [-0.25, -0.2) is 0 Å². The molecule has 2 atom stereocenters. The number of hydrogen-bond acceptors (Lipinski definition) is 2. The number of pyridine rings is 1. The van der Waals surface area contributed by atoms with E-state index in [4.69, 9.17) is 11.6 Å². The third-order valence-electron chi connectivity index (χ3n) is 3.61. The third kappa shape index (κ3) is 3.45. The number of carbonyl (C=O) groups excluding carboxylic acids is 1. The first-order valence-corrected chi connectivity index (χ1v) is 6.95. The van der Waals surface area contributed by atoms with Crippen LogP contribution in [0.5, 0.6) is 0 Å². The van der Waals surface area contributed by atoms with Crippen molar-refractivity contribution in [2.24, 2.45) is 5.92 Å². The molecular weight excluding hydrogens is 248 g/mol. The number of nitrogens with one attached hydrogen (secondary N) is 1. The molecule has 1 saturated carbocycles. The molecule has 1 aromatic heterocycles. The van der Waals surface area contributed by atoms with E-state index >= 15 is 0 Å². The summed E-state index contributed by atoms with van der Waals surface area (Å²) < 4.78 is 0. The number of carbonyl (C=O) groups is 1. The van der Waals surface area contributed by atoms with Gasteiger partial charge in [-0.3, -0.25) is 9.78 Å². The van der Waals surface area contributed by atoms with Gasteiger partial charge in [-0.1, -0.05) is 31.4 Å².